The van der Waals surface area contributed by atoms with Gasteiger partial charge in [-0.25, -0.2) is 12.8 Å². The van der Waals surface area contributed by atoms with Crippen LogP contribution >= 0.6 is 0 Å². The number of carbonyl (C=O) groups excluding carboxylic acids is 1. The lowest BCUT2D eigenvalue weighted by Crippen LogP contribution is -2.54. The summed E-state index contributed by atoms with van der Waals surface area (Å²) in [5.74, 6) is -1.41. The van der Waals surface area contributed by atoms with E-state index in [-0.39, 0.29) is 37.1 Å². The number of carbonyl (C=O) groups is 1. The van der Waals surface area contributed by atoms with Crippen molar-refractivity contribution in [2.24, 2.45) is 0 Å². The Kier molecular flexibility index (Phi) is 7.85. The lowest BCUT2D eigenvalue weighted by molar-refractivity contribution is -0.376. The van der Waals surface area contributed by atoms with E-state index in [0.29, 0.717) is 22.5 Å². The van der Waals surface area contributed by atoms with Crippen molar-refractivity contribution in [3.8, 4) is 0 Å². The van der Waals surface area contributed by atoms with Crippen molar-refractivity contribution in [3.05, 3.63) is 59.4 Å². The molecule has 0 radical (unpaired) electrons. The number of ether oxygens (including phenoxy) is 1. The second kappa shape index (κ2) is 10.5. The molecule has 0 aromatic heterocycles. The lowest BCUT2D eigenvalue weighted by atomic mass is 9.87. The van der Waals surface area contributed by atoms with Gasteiger partial charge >= 0.3 is 12.4 Å². The van der Waals surface area contributed by atoms with Crippen LogP contribution in [0.25, 0.3) is 0 Å². The summed E-state index contributed by atoms with van der Waals surface area (Å²) in [5, 5.41) is 21.9. The molecule has 1 amide bonds. The fourth-order valence-electron chi connectivity index (χ4n) is 4.79. The molecule has 220 valence electrons. The molecule has 2 aromatic rings. The van der Waals surface area contributed by atoms with Gasteiger partial charge in [0, 0.05) is 18.4 Å². The zero-order valence-electron chi connectivity index (χ0n) is 20.3. The Hall–Kier alpha value is -2.95. The van der Waals surface area contributed by atoms with Gasteiger partial charge in [-0.1, -0.05) is 12.1 Å². The van der Waals surface area contributed by atoms with Crippen LogP contribution in [0.3, 0.4) is 0 Å². The molecule has 3 unspecified atom stereocenters. The maximum atomic E-state index is 13.7. The quantitative estimate of drug-likeness (QED) is 0.439. The summed E-state index contributed by atoms with van der Waals surface area (Å²) in [7, 11) is -4.61. The molecule has 2 heterocycles. The van der Waals surface area contributed by atoms with E-state index in [9.17, 15) is 54.2 Å². The number of sulfonamides is 1. The van der Waals surface area contributed by atoms with Crippen LogP contribution < -0.4 is 9.62 Å². The average Bonchev–Trinajstić information content (AvgIpc) is 3.25. The van der Waals surface area contributed by atoms with Gasteiger partial charge in [0.25, 0.3) is 15.6 Å². The van der Waals surface area contributed by atoms with Crippen molar-refractivity contribution >= 4 is 21.6 Å². The van der Waals surface area contributed by atoms with Crippen LogP contribution in [-0.4, -0.2) is 61.9 Å². The topological polar surface area (TPSA) is 116 Å². The van der Waals surface area contributed by atoms with E-state index in [4.69, 9.17) is 4.74 Å². The summed E-state index contributed by atoms with van der Waals surface area (Å²) in [5.41, 5.74) is -7.33. The van der Waals surface area contributed by atoms with E-state index in [0.717, 1.165) is 24.3 Å². The molecule has 0 bridgehead atoms. The van der Waals surface area contributed by atoms with Crippen LogP contribution in [0.2, 0.25) is 0 Å². The maximum Gasteiger partial charge on any atom is 0.430 e. The predicted octanol–water partition coefficient (Wildman–Crippen LogP) is 3.26. The monoisotopic (exact) mass is 600 g/mol. The van der Waals surface area contributed by atoms with Crippen LogP contribution in [0.5, 0.6) is 0 Å². The highest BCUT2D eigenvalue weighted by molar-refractivity contribution is 7.92. The molecule has 1 saturated heterocycles. The summed E-state index contributed by atoms with van der Waals surface area (Å²) >= 11 is 0. The highest BCUT2D eigenvalue weighted by Crippen LogP contribution is 2.51. The lowest BCUT2D eigenvalue weighted by Gasteiger charge is -2.39. The molecule has 1 fully saturated rings. The highest BCUT2D eigenvalue weighted by atomic mass is 32.2. The molecule has 0 saturated carbocycles. The molecule has 40 heavy (non-hydrogen) atoms. The molecule has 0 spiro atoms. The second-order valence-electron chi connectivity index (χ2n) is 9.49. The minimum absolute atomic E-state index is 0.00208. The zero-order valence-corrected chi connectivity index (χ0v) is 21.2. The van der Waals surface area contributed by atoms with Crippen molar-refractivity contribution in [2.75, 3.05) is 10.9 Å². The van der Waals surface area contributed by atoms with Crippen molar-refractivity contribution in [1.82, 2.24) is 5.32 Å². The van der Waals surface area contributed by atoms with Gasteiger partial charge in [-0.15, -0.1) is 0 Å². The van der Waals surface area contributed by atoms with Gasteiger partial charge in [-0.05, 0) is 48.7 Å². The number of amides is 1. The van der Waals surface area contributed by atoms with E-state index in [1.165, 1.54) is 0 Å². The number of anilines is 1. The number of alkyl halides is 6. The fourth-order valence-corrected chi connectivity index (χ4v) is 6.51. The van der Waals surface area contributed by atoms with Gasteiger partial charge in [-0.3, -0.25) is 9.10 Å². The SMILES string of the molecule is O=C(CC1CCc2cc(C(O)(C(F)(F)F)C(F)(F)F)ccc2N1S(=O)(=O)c1ccc(F)cc1)NC1COC(O)C1. The predicted molar refractivity (Wildman–Crippen MR) is 124 cm³/mol. The van der Waals surface area contributed by atoms with E-state index < -0.39 is 75.0 Å². The standard InChI is InChI=1S/C24H23F7N2O6S/c25-15-3-6-18(7-4-15)40(37,38)33-17(11-20(34)32-16-10-21(35)39-12-16)5-1-13-9-14(2-8-19(13)33)22(36,23(26,27)28)24(29,30)31/h2-4,6-9,16-17,21,35-36H,1,5,10-12H2,(H,32,34). The van der Waals surface area contributed by atoms with Crippen molar-refractivity contribution in [1.29, 1.82) is 0 Å². The number of hydrogen-bond donors (Lipinski definition) is 3. The van der Waals surface area contributed by atoms with Crippen LogP contribution in [0.4, 0.5) is 36.4 Å². The molecular formula is C24H23F7N2O6S. The molecule has 16 heteroatoms. The molecule has 3 N–H and O–H groups in total. The van der Waals surface area contributed by atoms with Gasteiger partial charge in [0.15, 0.2) is 6.29 Å². The first-order valence-corrected chi connectivity index (χ1v) is 13.3. The Morgan fingerprint density at radius 2 is 1.68 bits per heavy atom. The first-order valence-electron chi connectivity index (χ1n) is 11.8. The molecular weight excluding hydrogens is 577 g/mol. The summed E-state index contributed by atoms with van der Waals surface area (Å²) < 4.78 is 127. The number of halogens is 7. The van der Waals surface area contributed by atoms with Gasteiger partial charge in [-0.2, -0.15) is 26.3 Å². The number of benzene rings is 2. The highest BCUT2D eigenvalue weighted by Gasteiger charge is 2.71. The number of hydrogen-bond acceptors (Lipinski definition) is 6. The van der Waals surface area contributed by atoms with E-state index in [1.54, 1.807) is 0 Å². The Morgan fingerprint density at radius 1 is 1.05 bits per heavy atom. The molecule has 0 aliphatic carbocycles. The number of nitrogens with one attached hydrogen (secondary N) is 1. The normalized spacial score (nSPS) is 22.2. The number of rotatable bonds is 6. The molecule has 2 aliphatic heterocycles. The summed E-state index contributed by atoms with van der Waals surface area (Å²) in [4.78, 5) is 12.3. The maximum absolute atomic E-state index is 13.7. The van der Waals surface area contributed by atoms with Crippen molar-refractivity contribution in [2.45, 2.75) is 66.9 Å². The van der Waals surface area contributed by atoms with E-state index in [2.05, 4.69) is 5.32 Å². The number of aryl methyl sites for hydroxylation is 1. The Balaban J connectivity index is 1.76. The van der Waals surface area contributed by atoms with Gasteiger partial charge in [0.2, 0.25) is 5.91 Å². The van der Waals surface area contributed by atoms with Crippen molar-refractivity contribution < 1.29 is 58.9 Å². The summed E-state index contributed by atoms with van der Waals surface area (Å²) in [6, 6.07) is 3.32. The Morgan fingerprint density at radius 3 is 2.23 bits per heavy atom. The van der Waals surface area contributed by atoms with Gasteiger partial charge in [0.1, 0.15) is 5.82 Å². The minimum atomic E-state index is -6.15. The Labute approximate surface area is 223 Å². The average molecular weight is 601 g/mol. The largest absolute Gasteiger partial charge is 0.430 e. The molecule has 2 aromatic carbocycles. The third kappa shape index (κ3) is 5.49. The Bertz CT molecular complexity index is 1350. The number of aliphatic hydroxyl groups is 2. The number of fused-ring (bicyclic) bond motifs is 1. The first kappa shape index (κ1) is 30.0. The molecule has 3 atom stereocenters. The second-order valence-corrected chi connectivity index (χ2v) is 11.3. The van der Waals surface area contributed by atoms with Crippen LogP contribution in [0, 0.1) is 5.82 Å². The zero-order chi connectivity index (χ0) is 29.7. The van der Waals surface area contributed by atoms with Gasteiger partial charge < -0.3 is 20.3 Å². The van der Waals surface area contributed by atoms with Crippen LogP contribution in [-0.2, 0) is 31.6 Å². The van der Waals surface area contributed by atoms with E-state index in [1.807, 2.05) is 0 Å². The van der Waals surface area contributed by atoms with E-state index >= 15 is 0 Å². The van der Waals surface area contributed by atoms with Crippen LogP contribution in [0.15, 0.2) is 47.4 Å². The molecule has 8 nitrogen and oxygen atoms in total. The smallest absolute Gasteiger partial charge is 0.369 e. The molecule has 2 aliphatic rings. The third-order valence-electron chi connectivity index (χ3n) is 6.77. The van der Waals surface area contributed by atoms with Gasteiger partial charge in [0.05, 0.1) is 29.3 Å². The minimum Gasteiger partial charge on any atom is -0.369 e. The van der Waals surface area contributed by atoms with Crippen molar-refractivity contribution in [3.63, 3.8) is 0 Å². The summed E-state index contributed by atoms with van der Waals surface area (Å²) in [6.07, 6.45) is -14.2. The number of aliphatic hydroxyl groups excluding tert-OH is 1. The fraction of sp³-hybridized carbons (Fsp3) is 0.458. The van der Waals surface area contributed by atoms with Crippen LogP contribution in [0.1, 0.15) is 30.4 Å². The molecule has 4 rings (SSSR count). The first-order chi connectivity index (χ1) is 18.4. The number of nitrogens with zero attached hydrogens (tertiary/aromatic N) is 1. The summed E-state index contributed by atoms with van der Waals surface area (Å²) in [6.45, 7) is 0.00208. The third-order valence-corrected chi connectivity index (χ3v) is 8.65.